The summed E-state index contributed by atoms with van der Waals surface area (Å²) in [5.74, 6) is 1.49. The van der Waals surface area contributed by atoms with Crippen LogP contribution in [-0.4, -0.2) is 59.9 Å². The van der Waals surface area contributed by atoms with Crippen molar-refractivity contribution >= 4 is 34.9 Å². The number of carbonyl (C=O) groups excluding carboxylic acids is 2. The van der Waals surface area contributed by atoms with Crippen molar-refractivity contribution in [3.8, 4) is 11.5 Å². The highest BCUT2D eigenvalue weighted by Gasteiger charge is 2.79. The number of rotatable bonds is 4. The van der Waals surface area contributed by atoms with Crippen LogP contribution in [0.1, 0.15) is 40.4 Å². The van der Waals surface area contributed by atoms with Gasteiger partial charge in [0.05, 0.1) is 37.4 Å². The fourth-order valence-electron chi connectivity index (χ4n) is 6.34. The lowest BCUT2D eigenvalue weighted by molar-refractivity contribution is -0.142. The van der Waals surface area contributed by atoms with Crippen LogP contribution in [0.3, 0.4) is 0 Å². The topological polar surface area (TPSA) is 58.9 Å². The summed E-state index contributed by atoms with van der Waals surface area (Å²) < 4.78 is 11.2. The number of benzene rings is 2. The molecule has 3 saturated heterocycles. The number of methoxy groups -OCH3 is 2. The summed E-state index contributed by atoms with van der Waals surface area (Å²) in [6, 6.07) is 8.27. The van der Waals surface area contributed by atoms with E-state index in [1.165, 1.54) is 0 Å². The second kappa shape index (κ2) is 6.86. The third-order valence-electron chi connectivity index (χ3n) is 7.66. The summed E-state index contributed by atoms with van der Waals surface area (Å²) in [6.07, 6.45) is 2.06. The van der Waals surface area contributed by atoms with Crippen molar-refractivity contribution < 1.29 is 19.1 Å². The number of ether oxygens (including phenoxy) is 2. The lowest BCUT2D eigenvalue weighted by atomic mass is 9.79. The number of piperidine rings is 1. The van der Waals surface area contributed by atoms with Crippen LogP contribution in [0.4, 0.5) is 0 Å². The van der Waals surface area contributed by atoms with Gasteiger partial charge in [0.15, 0.2) is 5.78 Å². The Balaban J connectivity index is 1.48. The van der Waals surface area contributed by atoms with Crippen LogP contribution >= 0.6 is 23.2 Å². The van der Waals surface area contributed by atoms with Gasteiger partial charge in [0.25, 0.3) is 0 Å². The Morgan fingerprint density at radius 3 is 2.69 bits per heavy atom. The number of piperazine rings is 1. The number of hydrogen-bond donors (Lipinski definition) is 0. The molecule has 4 aliphatic heterocycles. The molecule has 32 heavy (non-hydrogen) atoms. The van der Waals surface area contributed by atoms with Crippen molar-refractivity contribution in [1.29, 1.82) is 0 Å². The molecule has 0 radical (unpaired) electrons. The highest BCUT2D eigenvalue weighted by molar-refractivity contribution is 6.37. The molecule has 166 valence electrons. The van der Waals surface area contributed by atoms with E-state index in [2.05, 4.69) is 4.90 Å². The second-order valence-electron chi connectivity index (χ2n) is 8.91. The van der Waals surface area contributed by atoms with E-state index >= 15 is 0 Å². The summed E-state index contributed by atoms with van der Waals surface area (Å²) in [4.78, 5) is 31.4. The normalized spacial score (nSPS) is 31.5. The maximum atomic E-state index is 13.9. The first kappa shape index (κ1) is 20.3. The average Bonchev–Trinajstić information content (AvgIpc) is 3.29. The fraction of sp³-hybridized carbons (Fsp3) is 0.417. The maximum Gasteiger partial charge on any atom is 0.240 e. The predicted octanol–water partition coefficient (Wildman–Crippen LogP) is 3.92. The third kappa shape index (κ3) is 2.46. The monoisotopic (exact) mass is 472 g/mol. The van der Waals surface area contributed by atoms with Crippen LogP contribution in [-0.2, 0) is 11.2 Å². The molecule has 0 aromatic heterocycles. The molecule has 4 aliphatic rings. The molecule has 2 aromatic rings. The maximum absolute atomic E-state index is 13.9. The van der Waals surface area contributed by atoms with Gasteiger partial charge in [-0.25, -0.2) is 0 Å². The van der Waals surface area contributed by atoms with Crippen LogP contribution in [0.25, 0.3) is 0 Å². The van der Waals surface area contributed by atoms with Gasteiger partial charge in [-0.05, 0) is 49.1 Å². The second-order valence-corrected chi connectivity index (χ2v) is 9.76. The Morgan fingerprint density at radius 1 is 1.16 bits per heavy atom. The number of nitrogens with zero attached hydrogens (tertiary/aromatic N) is 2. The zero-order chi connectivity index (χ0) is 22.4. The van der Waals surface area contributed by atoms with E-state index in [1.54, 1.807) is 32.4 Å². The van der Waals surface area contributed by atoms with E-state index in [4.69, 9.17) is 32.7 Å². The van der Waals surface area contributed by atoms with Gasteiger partial charge in [0.1, 0.15) is 17.0 Å². The Morgan fingerprint density at radius 2 is 1.97 bits per heavy atom. The minimum atomic E-state index is -0.725. The molecule has 6 nitrogen and oxygen atoms in total. The summed E-state index contributed by atoms with van der Waals surface area (Å²) in [6.45, 7) is 0.625. The van der Waals surface area contributed by atoms with Gasteiger partial charge >= 0.3 is 0 Å². The quantitative estimate of drug-likeness (QED) is 0.498. The molecule has 4 heterocycles. The molecule has 1 amide bonds. The van der Waals surface area contributed by atoms with Crippen LogP contribution in [0.2, 0.25) is 10.0 Å². The van der Waals surface area contributed by atoms with Crippen LogP contribution < -0.4 is 9.47 Å². The molecular weight excluding hydrogens is 451 g/mol. The van der Waals surface area contributed by atoms with E-state index in [9.17, 15) is 9.59 Å². The summed E-state index contributed by atoms with van der Waals surface area (Å²) in [7, 11) is 3.26. The number of Topliss-reactive ketones (excluding diaryl/α,β-unsaturated/α-hetero) is 1. The van der Waals surface area contributed by atoms with Crippen LogP contribution in [0.5, 0.6) is 11.5 Å². The molecule has 0 aliphatic carbocycles. The Labute approximate surface area is 196 Å². The molecule has 0 bridgehead atoms. The SMILES string of the molecule is COc1cc2c(c(OC)c1)C1C3N4C(CCC34C(=O)c3ccc(Cl)cc3Cl)C(=O)N1CC2. The average molecular weight is 473 g/mol. The molecule has 2 aromatic carbocycles. The van der Waals surface area contributed by atoms with Gasteiger partial charge in [-0.1, -0.05) is 23.2 Å². The Hall–Kier alpha value is -2.28. The van der Waals surface area contributed by atoms with Gasteiger partial charge < -0.3 is 14.4 Å². The van der Waals surface area contributed by atoms with Crippen molar-refractivity contribution in [2.24, 2.45) is 0 Å². The molecule has 0 N–H and O–H groups in total. The number of fused-ring (bicyclic) bond motifs is 5. The molecule has 3 fully saturated rings. The molecule has 0 saturated carbocycles. The highest BCUT2D eigenvalue weighted by Crippen LogP contribution is 2.65. The van der Waals surface area contributed by atoms with E-state index in [-0.39, 0.29) is 29.8 Å². The minimum absolute atomic E-state index is 0.0269. The highest BCUT2D eigenvalue weighted by atomic mass is 35.5. The predicted molar refractivity (Wildman–Crippen MR) is 120 cm³/mol. The number of halogens is 2. The molecule has 5 unspecified atom stereocenters. The number of amides is 1. The van der Waals surface area contributed by atoms with Gasteiger partial charge in [-0.2, -0.15) is 0 Å². The third-order valence-corrected chi connectivity index (χ3v) is 8.21. The lowest BCUT2D eigenvalue weighted by Gasteiger charge is -2.44. The van der Waals surface area contributed by atoms with Gasteiger partial charge in [-0.15, -0.1) is 0 Å². The van der Waals surface area contributed by atoms with Crippen LogP contribution in [0, 0.1) is 0 Å². The number of hydrogen-bond acceptors (Lipinski definition) is 5. The van der Waals surface area contributed by atoms with Crippen molar-refractivity contribution in [2.75, 3.05) is 20.8 Å². The fourth-order valence-corrected chi connectivity index (χ4v) is 6.83. The van der Waals surface area contributed by atoms with E-state index in [0.717, 1.165) is 23.3 Å². The zero-order valence-electron chi connectivity index (χ0n) is 17.7. The first-order valence-corrected chi connectivity index (χ1v) is 11.5. The molecule has 6 rings (SSSR count). The Kier molecular flexibility index (Phi) is 4.36. The Bertz CT molecular complexity index is 1170. The largest absolute Gasteiger partial charge is 0.497 e. The number of carbonyl (C=O) groups is 2. The lowest BCUT2D eigenvalue weighted by Crippen LogP contribution is -2.54. The zero-order valence-corrected chi connectivity index (χ0v) is 19.2. The van der Waals surface area contributed by atoms with Gasteiger partial charge in [0, 0.05) is 28.8 Å². The minimum Gasteiger partial charge on any atom is -0.497 e. The van der Waals surface area contributed by atoms with Gasteiger partial charge in [-0.3, -0.25) is 14.5 Å². The molecule has 8 heteroatoms. The van der Waals surface area contributed by atoms with Gasteiger partial charge in [0.2, 0.25) is 5.91 Å². The van der Waals surface area contributed by atoms with Crippen molar-refractivity contribution in [1.82, 2.24) is 9.80 Å². The first-order valence-electron chi connectivity index (χ1n) is 10.8. The first-order chi connectivity index (χ1) is 15.4. The summed E-state index contributed by atoms with van der Waals surface area (Å²) in [5.41, 5.74) is 1.83. The summed E-state index contributed by atoms with van der Waals surface area (Å²) in [5, 5.41) is 0.836. The van der Waals surface area contributed by atoms with Crippen molar-refractivity contribution in [3.63, 3.8) is 0 Å². The van der Waals surface area contributed by atoms with E-state index in [1.807, 2.05) is 17.0 Å². The molecule has 0 spiro atoms. The molecule has 5 atom stereocenters. The van der Waals surface area contributed by atoms with E-state index < -0.39 is 5.54 Å². The summed E-state index contributed by atoms with van der Waals surface area (Å²) >= 11 is 12.5. The molecular formula is C24H22Cl2N2O4. The number of ketones is 1. The van der Waals surface area contributed by atoms with Crippen LogP contribution in [0.15, 0.2) is 30.3 Å². The standard InChI is InChI=1S/C24H22Cl2N2O4/c1-31-14-9-12-6-8-27-20(19(12)18(11-14)32-2)21-24(7-5-17(23(27)30)28(21)24)22(29)15-4-3-13(25)10-16(15)26/h3-4,9-11,17,20-21H,5-8H2,1-2H3. The van der Waals surface area contributed by atoms with Crippen molar-refractivity contribution in [3.05, 3.63) is 57.1 Å². The smallest absolute Gasteiger partial charge is 0.240 e. The van der Waals surface area contributed by atoms with E-state index in [0.29, 0.717) is 40.7 Å². The van der Waals surface area contributed by atoms with Crippen molar-refractivity contribution in [2.45, 2.75) is 42.9 Å².